The highest BCUT2D eigenvalue weighted by molar-refractivity contribution is 5.72. The van der Waals surface area contributed by atoms with E-state index in [0.717, 1.165) is 5.56 Å². The number of hydrogen-bond donors (Lipinski definition) is 0. The molecule has 198 valence electrons. The molecule has 0 N–H and O–H groups in total. The van der Waals surface area contributed by atoms with Crippen molar-refractivity contribution in [3.8, 4) is 0 Å². The maximum absolute atomic E-state index is 13.3. The SMILES string of the molecule is CCOC(=O)C1CC[C@@](CO[C@H](C)c2cc(C(F)(F)F)cc(C(F)(F)F)c2)(c2ccccc2)N(C)C1. The summed E-state index contributed by atoms with van der Waals surface area (Å²) >= 11 is 0. The van der Waals surface area contributed by atoms with E-state index in [1.165, 1.54) is 6.92 Å². The van der Waals surface area contributed by atoms with Crippen LogP contribution in [0.1, 0.15) is 55.0 Å². The van der Waals surface area contributed by atoms with Gasteiger partial charge in [-0.2, -0.15) is 26.3 Å². The number of halogens is 6. The Hall–Kier alpha value is -2.59. The Kier molecular flexibility index (Phi) is 8.40. The zero-order valence-corrected chi connectivity index (χ0v) is 20.2. The number of rotatable bonds is 7. The van der Waals surface area contributed by atoms with Crippen LogP contribution in [0.5, 0.6) is 0 Å². The molecule has 0 aromatic heterocycles. The fourth-order valence-electron chi connectivity index (χ4n) is 4.60. The lowest BCUT2D eigenvalue weighted by atomic mass is 9.78. The first-order chi connectivity index (χ1) is 16.8. The Morgan fingerprint density at radius 3 is 2.14 bits per heavy atom. The number of likely N-dealkylation sites (N-methyl/N-ethyl adjacent to an activating group) is 1. The minimum absolute atomic E-state index is 0.00181. The van der Waals surface area contributed by atoms with Crippen molar-refractivity contribution in [3.63, 3.8) is 0 Å². The van der Waals surface area contributed by atoms with E-state index in [-0.39, 0.29) is 36.7 Å². The first kappa shape index (κ1) is 28.0. The van der Waals surface area contributed by atoms with E-state index in [0.29, 0.717) is 31.5 Å². The number of hydrogen-bond acceptors (Lipinski definition) is 4. The molecule has 2 aromatic rings. The summed E-state index contributed by atoms with van der Waals surface area (Å²) in [5.41, 5.74) is -2.84. The number of benzene rings is 2. The van der Waals surface area contributed by atoms with Gasteiger partial charge in [0.2, 0.25) is 0 Å². The van der Waals surface area contributed by atoms with Crippen LogP contribution in [0.25, 0.3) is 0 Å². The van der Waals surface area contributed by atoms with Crippen LogP contribution in [0.15, 0.2) is 48.5 Å². The van der Waals surface area contributed by atoms with Crippen LogP contribution in [-0.4, -0.2) is 37.7 Å². The summed E-state index contributed by atoms with van der Waals surface area (Å²) in [6.45, 7) is 3.79. The van der Waals surface area contributed by atoms with Gasteiger partial charge in [0, 0.05) is 6.54 Å². The molecule has 10 heteroatoms. The fraction of sp³-hybridized carbons (Fsp3) is 0.500. The average Bonchev–Trinajstić information content (AvgIpc) is 2.82. The van der Waals surface area contributed by atoms with Gasteiger partial charge in [-0.05, 0) is 63.1 Å². The number of esters is 1. The Morgan fingerprint density at radius 1 is 1.06 bits per heavy atom. The second-order valence-electron chi connectivity index (χ2n) is 9.06. The third-order valence-electron chi connectivity index (χ3n) is 6.71. The van der Waals surface area contributed by atoms with Gasteiger partial charge in [-0.3, -0.25) is 9.69 Å². The second kappa shape index (κ2) is 10.8. The topological polar surface area (TPSA) is 38.8 Å². The van der Waals surface area contributed by atoms with E-state index in [1.54, 1.807) is 6.92 Å². The zero-order valence-electron chi connectivity index (χ0n) is 20.2. The van der Waals surface area contributed by atoms with Crippen LogP contribution in [-0.2, 0) is 32.2 Å². The number of piperidine rings is 1. The molecule has 3 rings (SSSR count). The molecular formula is C26H29F6NO3. The van der Waals surface area contributed by atoms with Crippen LogP contribution < -0.4 is 0 Å². The van der Waals surface area contributed by atoms with E-state index in [1.807, 2.05) is 42.3 Å². The van der Waals surface area contributed by atoms with Gasteiger partial charge in [-0.25, -0.2) is 0 Å². The molecule has 3 atom stereocenters. The molecule has 1 aliphatic rings. The predicted molar refractivity (Wildman–Crippen MR) is 121 cm³/mol. The molecule has 1 heterocycles. The number of alkyl halides is 6. The highest BCUT2D eigenvalue weighted by Gasteiger charge is 2.44. The molecule has 1 saturated heterocycles. The first-order valence-corrected chi connectivity index (χ1v) is 11.6. The largest absolute Gasteiger partial charge is 0.466 e. The summed E-state index contributed by atoms with van der Waals surface area (Å²) in [7, 11) is 1.82. The summed E-state index contributed by atoms with van der Waals surface area (Å²) in [4.78, 5) is 14.3. The maximum Gasteiger partial charge on any atom is 0.416 e. The standard InChI is InChI=1S/C26H29F6NO3/c1-4-35-23(34)18-10-11-24(33(3)15-18,20-8-6-5-7-9-20)16-36-17(2)19-12-21(25(27,28)29)14-22(13-19)26(30,31)32/h5-9,12-14,17-18H,4,10-11,15-16H2,1-3H3/t17-,18?,24-/m1/s1. The smallest absolute Gasteiger partial charge is 0.416 e. The molecule has 0 bridgehead atoms. The van der Waals surface area contributed by atoms with Crippen LogP contribution >= 0.6 is 0 Å². The minimum atomic E-state index is -4.94. The third-order valence-corrected chi connectivity index (χ3v) is 6.71. The molecular weight excluding hydrogens is 488 g/mol. The number of likely N-dealkylation sites (tertiary alicyclic amines) is 1. The van der Waals surface area contributed by atoms with Gasteiger partial charge in [0.15, 0.2) is 0 Å². The Labute approximate surface area is 206 Å². The molecule has 0 aliphatic carbocycles. The Bertz CT molecular complexity index is 1010. The molecule has 1 unspecified atom stereocenters. The second-order valence-corrected chi connectivity index (χ2v) is 9.06. The van der Waals surface area contributed by atoms with Crippen molar-refractivity contribution in [2.45, 2.75) is 50.7 Å². The quantitative estimate of drug-likeness (QED) is 0.306. The molecule has 1 fully saturated rings. The Morgan fingerprint density at radius 2 is 1.64 bits per heavy atom. The van der Waals surface area contributed by atoms with Crippen molar-refractivity contribution in [3.05, 3.63) is 70.8 Å². The van der Waals surface area contributed by atoms with Gasteiger partial charge in [0.25, 0.3) is 0 Å². The fourth-order valence-corrected chi connectivity index (χ4v) is 4.60. The normalized spacial score (nSPS) is 22.3. The molecule has 0 amide bonds. The molecule has 0 saturated carbocycles. The van der Waals surface area contributed by atoms with Crippen LogP contribution in [0.4, 0.5) is 26.3 Å². The zero-order chi connectivity index (χ0) is 26.7. The van der Waals surface area contributed by atoms with Gasteiger partial charge in [0.1, 0.15) is 0 Å². The van der Waals surface area contributed by atoms with Crippen molar-refractivity contribution in [1.82, 2.24) is 4.90 Å². The lowest BCUT2D eigenvalue weighted by Crippen LogP contribution is -2.54. The van der Waals surface area contributed by atoms with Crippen molar-refractivity contribution >= 4 is 5.97 Å². The number of carbonyl (C=O) groups is 1. The van der Waals surface area contributed by atoms with Crippen molar-refractivity contribution in [2.75, 3.05) is 26.8 Å². The van der Waals surface area contributed by atoms with Crippen LogP contribution in [0, 0.1) is 5.92 Å². The lowest BCUT2D eigenvalue weighted by molar-refractivity contribution is -0.153. The van der Waals surface area contributed by atoms with E-state index in [2.05, 4.69) is 0 Å². The van der Waals surface area contributed by atoms with Gasteiger partial charge >= 0.3 is 18.3 Å². The number of carbonyl (C=O) groups excluding carboxylic acids is 1. The van der Waals surface area contributed by atoms with Gasteiger partial charge in [-0.15, -0.1) is 0 Å². The first-order valence-electron chi connectivity index (χ1n) is 11.6. The van der Waals surface area contributed by atoms with Crippen molar-refractivity contribution < 1.29 is 40.6 Å². The monoisotopic (exact) mass is 517 g/mol. The number of nitrogens with zero attached hydrogens (tertiary/aromatic N) is 1. The van der Waals surface area contributed by atoms with Gasteiger partial charge in [0.05, 0.1) is 41.9 Å². The minimum Gasteiger partial charge on any atom is -0.466 e. The summed E-state index contributed by atoms with van der Waals surface area (Å²) in [5.74, 6) is -0.647. The molecule has 0 radical (unpaired) electrons. The molecule has 36 heavy (non-hydrogen) atoms. The predicted octanol–water partition coefficient (Wildman–Crippen LogP) is 6.60. The van der Waals surface area contributed by atoms with E-state index in [9.17, 15) is 31.1 Å². The van der Waals surface area contributed by atoms with Crippen molar-refractivity contribution in [1.29, 1.82) is 0 Å². The van der Waals surface area contributed by atoms with Crippen LogP contribution in [0.3, 0.4) is 0 Å². The van der Waals surface area contributed by atoms with E-state index >= 15 is 0 Å². The number of ether oxygens (including phenoxy) is 2. The third kappa shape index (κ3) is 6.21. The van der Waals surface area contributed by atoms with Crippen molar-refractivity contribution in [2.24, 2.45) is 5.92 Å². The summed E-state index contributed by atoms with van der Waals surface area (Å²) in [6.07, 6.45) is -9.94. The Balaban J connectivity index is 1.89. The van der Waals surface area contributed by atoms with E-state index < -0.39 is 35.1 Å². The lowest BCUT2D eigenvalue weighted by Gasteiger charge is -2.48. The molecule has 1 aliphatic heterocycles. The molecule has 0 spiro atoms. The maximum atomic E-state index is 13.3. The molecule has 2 aromatic carbocycles. The van der Waals surface area contributed by atoms with E-state index in [4.69, 9.17) is 9.47 Å². The molecule has 4 nitrogen and oxygen atoms in total. The summed E-state index contributed by atoms with van der Waals surface area (Å²) < 4.78 is 91.0. The average molecular weight is 518 g/mol. The summed E-state index contributed by atoms with van der Waals surface area (Å²) in [6, 6.07) is 10.8. The highest BCUT2D eigenvalue weighted by atomic mass is 19.4. The van der Waals surface area contributed by atoms with Gasteiger partial charge < -0.3 is 9.47 Å². The highest BCUT2D eigenvalue weighted by Crippen LogP contribution is 2.41. The summed E-state index contributed by atoms with van der Waals surface area (Å²) in [5, 5.41) is 0. The van der Waals surface area contributed by atoms with Crippen LogP contribution in [0.2, 0.25) is 0 Å². The van der Waals surface area contributed by atoms with Gasteiger partial charge in [-0.1, -0.05) is 30.3 Å².